The van der Waals surface area contributed by atoms with Crippen LogP contribution in [-0.2, 0) is 0 Å². The minimum atomic E-state index is 0. The fraction of sp³-hybridized carbons (Fsp3) is 0.167. The quantitative estimate of drug-likeness (QED) is 0.406. The first-order valence-electron chi connectivity index (χ1n) is 2.83. The van der Waals surface area contributed by atoms with Crippen molar-refractivity contribution in [3.05, 3.63) is 23.0 Å². The highest BCUT2D eigenvalue weighted by Gasteiger charge is 1.95. The molecule has 1 heterocycles. The molecule has 0 amide bonds. The molecule has 0 bridgehead atoms. The molecule has 0 aliphatic rings. The lowest BCUT2D eigenvalue weighted by Gasteiger charge is -2.02. The first-order chi connectivity index (χ1) is 4.74. The van der Waals surface area contributed by atoms with E-state index in [2.05, 4.69) is 10.4 Å². The van der Waals surface area contributed by atoms with Crippen LogP contribution >= 0.6 is 24.0 Å². The Morgan fingerprint density at radius 2 is 2.27 bits per heavy atom. The van der Waals surface area contributed by atoms with E-state index in [1.54, 1.807) is 12.3 Å². The zero-order valence-electron chi connectivity index (χ0n) is 5.97. The van der Waals surface area contributed by atoms with Gasteiger partial charge in [0, 0.05) is 0 Å². The zero-order valence-corrected chi connectivity index (χ0v) is 7.54. The average Bonchev–Trinajstić information content (AvgIpc) is 1.88. The Morgan fingerprint density at radius 1 is 1.64 bits per heavy atom. The van der Waals surface area contributed by atoms with Crippen LogP contribution < -0.4 is 11.3 Å². The second-order valence-electron chi connectivity index (χ2n) is 1.97. The van der Waals surface area contributed by atoms with Gasteiger partial charge in [0.1, 0.15) is 5.15 Å². The van der Waals surface area contributed by atoms with Crippen molar-refractivity contribution < 1.29 is 0 Å². The maximum atomic E-state index is 5.59. The van der Waals surface area contributed by atoms with E-state index in [1.807, 2.05) is 6.92 Å². The lowest BCUT2D eigenvalue weighted by Crippen LogP contribution is -2.08. The molecule has 62 valence electrons. The highest BCUT2D eigenvalue weighted by atomic mass is 35.5. The summed E-state index contributed by atoms with van der Waals surface area (Å²) in [5, 5.41) is 0.483. The van der Waals surface area contributed by atoms with Gasteiger partial charge < -0.3 is 5.43 Å². The van der Waals surface area contributed by atoms with Crippen LogP contribution in [0.15, 0.2) is 12.3 Å². The molecule has 0 radical (unpaired) electrons. The number of aryl methyl sites for hydroxylation is 1. The Bertz CT molecular complexity index is 239. The number of nitrogens with zero attached hydrogens (tertiary/aromatic N) is 1. The van der Waals surface area contributed by atoms with Crippen molar-refractivity contribution in [2.24, 2.45) is 5.84 Å². The Morgan fingerprint density at radius 3 is 2.73 bits per heavy atom. The molecule has 0 aliphatic heterocycles. The monoisotopic (exact) mass is 193 g/mol. The second-order valence-corrected chi connectivity index (χ2v) is 2.35. The summed E-state index contributed by atoms with van der Waals surface area (Å²) in [6.07, 6.45) is 1.59. The molecule has 0 aliphatic carbocycles. The van der Waals surface area contributed by atoms with E-state index >= 15 is 0 Å². The molecule has 0 atom stereocenters. The molecule has 1 aromatic heterocycles. The molecule has 0 fully saturated rings. The van der Waals surface area contributed by atoms with Crippen molar-refractivity contribution in [2.75, 3.05) is 5.43 Å². The van der Waals surface area contributed by atoms with Crippen LogP contribution in [0.5, 0.6) is 0 Å². The summed E-state index contributed by atoms with van der Waals surface area (Å²) >= 11 is 5.59. The standard InChI is InChI=1S/C6H8ClN3.ClH/c1-4-2-6(7)9-3-5(4)10-8;/h2-3,10H,8H2,1H3;1H. The van der Waals surface area contributed by atoms with E-state index in [9.17, 15) is 0 Å². The molecule has 0 spiro atoms. The molecular formula is C6H9Cl2N3. The van der Waals surface area contributed by atoms with E-state index in [4.69, 9.17) is 17.4 Å². The molecular weight excluding hydrogens is 185 g/mol. The van der Waals surface area contributed by atoms with E-state index in [1.165, 1.54) is 0 Å². The van der Waals surface area contributed by atoms with Crippen molar-refractivity contribution in [3.8, 4) is 0 Å². The van der Waals surface area contributed by atoms with Gasteiger partial charge in [-0.3, -0.25) is 5.84 Å². The van der Waals surface area contributed by atoms with Crippen LogP contribution in [-0.4, -0.2) is 4.98 Å². The Labute approximate surface area is 76.3 Å². The van der Waals surface area contributed by atoms with Crippen molar-refractivity contribution in [2.45, 2.75) is 6.92 Å². The van der Waals surface area contributed by atoms with Crippen molar-refractivity contribution in [1.82, 2.24) is 4.98 Å². The summed E-state index contributed by atoms with van der Waals surface area (Å²) in [4.78, 5) is 3.83. The lowest BCUT2D eigenvalue weighted by atomic mass is 10.3. The van der Waals surface area contributed by atoms with Crippen LogP contribution in [0.1, 0.15) is 5.56 Å². The van der Waals surface area contributed by atoms with Crippen LogP contribution in [0.25, 0.3) is 0 Å². The first-order valence-corrected chi connectivity index (χ1v) is 3.20. The molecule has 0 saturated heterocycles. The number of aromatic nitrogens is 1. The van der Waals surface area contributed by atoms with Crippen molar-refractivity contribution in [3.63, 3.8) is 0 Å². The highest BCUT2D eigenvalue weighted by molar-refractivity contribution is 6.29. The molecule has 1 rings (SSSR count). The van der Waals surface area contributed by atoms with Gasteiger partial charge in [-0.15, -0.1) is 12.4 Å². The number of nitrogens with one attached hydrogen (secondary N) is 1. The normalized spacial score (nSPS) is 8.64. The molecule has 0 unspecified atom stereocenters. The Kier molecular flexibility index (Phi) is 4.18. The SMILES string of the molecule is Cc1cc(Cl)ncc1NN.Cl. The van der Waals surface area contributed by atoms with Gasteiger partial charge in [0.15, 0.2) is 0 Å². The summed E-state index contributed by atoms with van der Waals surface area (Å²) < 4.78 is 0. The summed E-state index contributed by atoms with van der Waals surface area (Å²) in [5.74, 6) is 5.17. The van der Waals surface area contributed by atoms with Gasteiger partial charge in [0.2, 0.25) is 0 Å². The number of halogens is 2. The highest BCUT2D eigenvalue weighted by Crippen LogP contribution is 2.14. The molecule has 5 heteroatoms. The van der Waals surface area contributed by atoms with Gasteiger partial charge in [-0.05, 0) is 18.6 Å². The van der Waals surface area contributed by atoms with E-state index in [0.29, 0.717) is 5.15 Å². The molecule has 11 heavy (non-hydrogen) atoms. The van der Waals surface area contributed by atoms with Crippen LogP contribution in [0, 0.1) is 6.92 Å². The number of hydrogen-bond acceptors (Lipinski definition) is 3. The maximum absolute atomic E-state index is 5.59. The Hall–Kier alpha value is -0.510. The number of hydrogen-bond donors (Lipinski definition) is 2. The minimum absolute atomic E-state index is 0. The number of hydrazine groups is 1. The number of anilines is 1. The zero-order chi connectivity index (χ0) is 7.56. The fourth-order valence-electron chi connectivity index (χ4n) is 0.673. The van der Waals surface area contributed by atoms with Crippen LogP contribution in [0.4, 0.5) is 5.69 Å². The lowest BCUT2D eigenvalue weighted by molar-refractivity contribution is 1.23. The van der Waals surface area contributed by atoms with Gasteiger partial charge >= 0.3 is 0 Å². The molecule has 3 N–H and O–H groups in total. The summed E-state index contributed by atoms with van der Waals surface area (Å²) in [6, 6.07) is 1.75. The van der Waals surface area contributed by atoms with E-state index in [0.717, 1.165) is 11.3 Å². The Balaban J connectivity index is 0.000001000. The van der Waals surface area contributed by atoms with Gasteiger partial charge in [0.05, 0.1) is 11.9 Å². The third-order valence-corrected chi connectivity index (χ3v) is 1.44. The summed E-state index contributed by atoms with van der Waals surface area (Å²) in [6.45, 7) is 1.91. The summed E-state index contributed by atoms with van der Waals surface area (Å²) in [5.41, 5.74) is 4.29. The average molecular weight is 194 g/mol. The van der Waals surface area contributed by atoms with Crippen LogP contribution in [0.3, 0.4) is 0 Å². The third kappa shape index (κ3) is 2.54. The van der Waals surface area contributed by atoms with Crippen molar-refractivity contribution in [1.29, 1.82) is 0 Å². The largest absolute Gasteiger partial charge is 0.322 e. The van der Waals surface area contributed by atoms with Gasteiger partial charge in [-0.25, -0.2) is 4.98 Å². The first kappa shape index (κ1) is 10.5. The number of nitrogen functional groups attached to an aromatic ring is 1. The third-order valence-electron chi connectivity index (χ3n) is 1.23. The fourth-order valence-corrected chi connectivity index (χ4v) is 0.885. The predicted octanol–water partition coefficient (Wildman–Crippen LogP) is 1.75. The predicted molar refractivity (Wildman–Crippen MR) is 49.0 cm³/mol. The molecule has 0 aromatic carbocycles. The molecule has 0 saturated carbocycles. The smallest absolute Gasteiger partial charge is 0.129 e. The number of nitrogens with two attached hydrogens (primary N) is 1. The molecule has 3 nitrogen and oxygen atoms in total. The van der Waals surface area contributed by atoms with Crippen LogP contribution in [0.2, 0.25) is 5.15 Å². The minimum Gasteiger partial charge on any atom is -0.322 e. The van der Waals surface area contributed by atoms with Crippen molar-refractivity contribution >= 4 is 29.7 Å². The van der Waals surface area contributed by atoms with Gasteiger partial charge in [-0.2, -0.15) is 0 Å². The maximum Gasteiger partial charge on any atom is 0.129 e. The second kappa shape index (κ2) is 4.38. The van der Waals surface area contributed by atoms with Gasteiger partial charge in [-0.1, -0.05) is 11.6 Å². The summed E-state index contributed by atoms with van der Waals surface area (Å²) in [7, 11) is 0. The molecule has 1 aromatic rings. The topological polar surface area (TPSA) is 50.9 Å². The van der Waals surface area contributed by atoms with E-state index in [-0.39, 0.29) is 12.4 Å². The van der Waals surface area contributed by atoms with Gasteiger partial charge in [0.25, 0.3) is 0 Å². The number of pyridine rings is 1. The van der Waals surface area contributed by atoms with E-state index < -0.39 is 0 Å². The number of rotatable bonds is 1.